The van der Waals surface area contributed by atoms with E-state index >= 15 is 0 Å². The minimum atomic E-state index is 0.0550. The number of thiocarbonyl (C=S) groups is 1. The molecule has 0 aromatic carbocycles. The second-order valence-electron chi connectivity index (χ2n) is 4.77. The lowest BCUT2D eigenvalue weighted by atomic mass is 9.94. The van der Waals surface area contributed by atoms with Gasteiger partial charge in [0.05, 0.1) is 5.88 Å². The molecular formula is C11H16N2OS2. The molecule has 0 bridgehead atoms. The van der Waals surface area contributed by atoms with E-state index in [4.69, 9.17) is 12.2 Å². The van der Waals surface area contributed by atoms with Crippen LogP contribution in [0.25, 0.3) is 0 Å². The molecule has 1 aliphatic carbocycles. The molecule has 2 aliphatic heterocycles. The third-order valence-corrected chi connectivity index (χ3v) is 5.24. The molecule has 0 unspecified atom stereocenters. The van der Waals surface area contributed by atoms with Gasteiger partial charge < -0.3 is 4.90 Å². The van der Waals surface area contributed by atoms with Crippen LogP contribution in [-0.2, 0) is 4.79 Å². The van der Waals surface area contributed by atoms with Crippen LogP contribution in [0.4, 0.5) is 0 Å². The van der Waals surface area contributed by atoms with Gasteiger partial charge >= 0.3 is 0 Å². The molecule has 2 saturated heterocycles. The molecule has 0 spiro atoms. The van der Waals surface area contributed by atoms with E-state index < -0.39 is 0 Å². The fourth-order valence-corrected chi connectivity index (χ4v) is 4.57. The van der Waals surface area contributed by atoms with Crippen molar-refractivity contribution in [3.8, 4) is 0 Å². The molecule has 5 heteroatoms. The molecule has 0 aromatic heterocycles. The molecule has 3 aliphatic rings. The van der Waals surface area contributed by atoms with Crippen molar-refractivity contribution in [1.29, 1.82) is 0 Å². The first-order valence-corrected chi connectivity index (χ1v) is 7.57. The summed E-state index contributed by atoms with van der Waals surface area (Å²) in [6.07, 6.45) is 6.08. The number of fused-ring (bicyclic) bond motifs is 1. The fourth-order valence-electron chi connectivity index (χ4n) is 2.90. The zero-order valence-corrected chi connectivity index (χ0v) is 10.9. The third-order valence-electron chi connectivity index (χ3n) is 3.80. The van der Waals surface area contributed by atoms with Gasteiger partial charge in [0.1, 0.15) is 6.04 Å². The maximum Gasteiger partial charge on any atom is 0.252 e. The Balaban J connectivity index is 1.80. The zero-order chi connectivity index (χ0) is 11.1. The Labute approximate surface area is 106 Å². The minimum absolute atomic E-state index is 0.0550. The Morgan fingerprint density at radius 3 is 2.69 bits per heavy atom. The Morgan fingerprint density at radius 1 is 1.25 bits per heavy atom. The van der Waals surface area contributed by atoms with Gasteiger partial charge in [0, 0.05) is 11.8 Å². The number of nitrogens with zero attached hydrogens (tertiary/aromatic N) is 2. The molecule has 0 N–H and O–H groups in total. The summed E-state index contributed by atoms with van der Waals surface area (Å²) in [5.74, 6) is 2.09. The fraction of sp³-hybridized carbons (Fsp3) is 0.818. The molecule has 2 heterocycles. The van der Waals surface area contributed by atoms with Gasteiger partial charge in [0.15, 0.2) is 5.11 Å². The molecule has 1 saturated carbocycles. The maximum absolute atomic E-state index is 12.3. The standard InChI is InChI=1S/C11H16N2OS2/c14-10-9-6-16-7-12(9)11(15)13(10)8-4-2-1-3-5-8/h8-9H,1-7H2/t9-/m1/s1. The molecule has 3 nitrogen and oxygen atoms in total. The van der Waals surface area contributed by atoms with Crippen LogP contribution in [0.2, 0.25) is 0 Å². The Bertz CT molecular complexity index is 306. The van der Waals surface area contributed by atoms with Gasteiger partial charge in [-0.15, -0.1) is 11.8 Å². The lowest BCUT2D eigenvalue weighted by molar-refractivity contribution is -0.129. The smallest absolute Gasteiger partial charge is 0.252 e. The van der Waals surface area contributed by atoms with E-state index in [1.54, 1.807) is 0 Å². The van der Waals surface area contributed by atoms with E-state index in [1.807, 2.05) is 16.7 Å². The molecule has 1 atom stereocenters. The monoisotopic (exact) mass is 256 g/mol. The van der Waals surface area contributed by atoms with Crippen molar-refractivity contribution in [2.45, 2.75) is 44.2 Å². The number of carbonyl (C=O) groups excluding carboxylic acids is 1. The number of hydrogen-bond acceptors (Lipinski definition) is 3. The summed E-state index contributed by atoms with van der Waals surface area (Å²) < 4.78 is 0. The Kier molecular flexibility index (Phi) is 2.83. The molecule has 3 fully saturated rings. The van der Waals surface area contributed by atoms with Crippen LogP contribution in [0, 0.1) is 0 Å². The quantitative estimate of drug-likeness (QED) is 0.668. The number of amides is 1. The number of rotatable bonds is 1. The highest BCUT2D eigenvalue weighted by Gasteiger charge is 2.47. The van der Waals surface area contributed by atoms with E-state index in [0.29, 0.717) is 6.04 Å². The Hall–Kier alpha value is -0.290. The molecule has 0 radical (unpaired) electrons. The van der Waals surface area contributed by atoms with E-state index in [0.717, 1.165) is 29.6 Å². The van der Waals surface area contributed by atoms with Crippen molar-refractivity contribution in [3.05, 3.63) is 0 Å². The number of carbonyl (C=O) groups is 1. The van der Waals surface area contributed by atoms with E-state index in [9.17, 15) is 4.79 Å². The van der Waals surface area contributed by atoms with Crippen LogP contribution >= 0.6 is 24.0 Å². The largest absolute Gasteiger partial charge is 0.327 e. The van der Waals surface area contributed by atoms with Crippen molar-refractivity contribution < 1.29 is 4.79 Å². The van der Waals surface area contributed by atoms with Gasteiger partial charge in [-0.2, -0.15) is 0 Å². The van der Waals surface area contributed by atoms with Crippen molar-refractivity contribution in [2.24, 2.45) is 0 Å². The highest BCUT2D eigenvalue weighted by molar-refractivity contribution is 7.99. The average Bonchev–Trinajstić information content (AvgIpc) is 2.86. The summed E-state index contributed by atoms with van der Waals surface area (Å²) in [5.41, 5.74) is 0. The lowest BCUT2D eigenvalue weighted by Crippen LogP contribution is -2.42. The van der Waals surface area contributed by atoms with Crippen LogP contribution < -0.4 is 0 Å². The van der Waals surface area contributed by atoms with E-state index in [2.05, 4.69) is 4.90 Å². The van der Waals surface area contributed by atoms with Crippen molar-refractivity contribution >= 4 is 35.0 Å². The maximum atomic E-state index is 12.3. The average molecular weight is 256 g/mol. The van der Waals surface area contributed by atoms with Crippen LogP contribution in [0.5, 0.6) is 0 Å². The first kappa shape index (κ1) is 10.8. The van der Waals surface area contributed by atoms with Gasteiger partial charge in [0.25, 0.3) is 5.91 Å². The van der Waals surface area contributed by atoms with Crippen LogP contribution in [-0.4, -0.2) is 44.5 Å². The number of thioether (sulfide) groups is 1. The summed E-state index contributed by atoms with van der Waals surface area (Å²) in [7, 11) is 0. The van der Waals surface area contributed by atoms with Crippen LogP contribution in [0.3, 0.4) is 0 Å². The first-order chi connectivity index (χ1) is 7.79. The Morgan fingerprint density at radius 2 is 2.00 bits per heavy atom. The summed E-state index contributed by atoms with van der Waals surface area (Å²) in [5, 5.41) is 0.798. The topological polar surface area (TPSA) is 23.6 Å². The van der Waals surface area contributed by atoms with Gasteiger partial charge in [-0.05, 0) is 25.1 Å². The van der Waals surface area contributed by atoms with E-state index in [-0.39, 0.29) is 11.9 Å². The van der Waals surface area contributed by atoms with Crippen LogP contribution in [0.15, 0.2) is 0 Å². The van der Waals surface area contributed by atoms with E-state index in [1.165, 1.54) is 19.3 Å². The molecular weight excluding hydrogens is 240 g/mol. The van der Waals surface area contributed by atoms with Crippen molar-refractivity contribution in [3.63, 3.8) is 0 Å². The van der Waals surface area contributed by atoms with Gasteiger partial charge in [-0.3, -0.25) is 9.69 Å². The van der Waals surface area contributed by atoms with Crippen LogP contribution in [0.1, 0.15) is 32.1 Å². The highest BCUT2D eigenvalue weighted by atomic mass is 32.2. The van der Waals surface area contributed by atoms with Crippen molar-refractivity contribution in [1.82, 2.24) is 9.80 Å². The predicted octanol–water partition coefficient (Wildman–Crippen LogP) is 1.82. The second kappa shape index (κ2) is 4.18. The third kappa shape index (κ3) is 1.56. The van der Waals surface area contributed by atoms with Gasteiger partial charge in [-0.1, -0.05) is 19.3 Å². The lowest BCUT2D eigenvalue weighted by Gasteiger charge is -2.31. The highest BCUT2D eigenvalue weighted by Crippen LogP contribution is 2.34. The first-order valence-electron chi connectivity index (χ1n) is 6.00. The molecule has 3 rings (SSSR count). The summed E-state index contributed by atoms with van der Waals surface area (Å²) in [6.45, 7) is 0. The molecule has 1 amide bonds. The molecule has 88 valence electrons. The predicted molar refractivity (Wildman–Crippen MR) is 69.3 cm³/mol. The summed E-state index contributed by atoms with van der Waals surface area (Å²) >= 11 is 7.27. The minimum Gasteiger partial charge on any atom is -0.327 e. The zero-order valence-electron chi connectivity index (χ0n) is 9.22. The van der Waals surface area contributed by atoms with Gasteiger partial charge in [0.2, 0.25) is 0 Å². The summed E-state index contributed by atoms with van der Waals surface area (Å²) in [6, 6.07) is 0.448. The molecule has 0 aromatic rings. The second-order valence-corrected chi connectivity index (χ2v) is 6.13. The number of hydrogen-bond donors (Lipinski definition) is 0. The normalized spacial score (nSPS) is 31.4. The van der Waals surface area contributed by atoms with Gasteiger partial charge in [-0.25, -0.2) is 0 Å². The summed E-state index contributed by atoms with van der Waals surface area (Å²) in [4.78, 5) is 16.3. The SMILES string of the molecule is O=C1[C@H]2CSCN2C(=S)N1C1CCCCC1. The molecule has 16 heavy (non-hydrogen) atoms. The van der Waals surface area contributed by atoms with Crippen molar-refractivity contribution in [2.75, 3.05) is 11.6 Å².